The first-order valence-corrected chi connectivity index (χ1v) is 14.3. The lowest BCUT2D eigenvalue weighted by molar-refractivity contribution is 0.0364. The standard InChI is InChI=1S/C30H33N5O3S/c1-3-35(27-10-6-4-8-24(27)25-9-5-7-11-28(25)35)30(37)32-34-16-14-33(15-17-34)19-22(36)20-38-23-12-13-29-26(18-23)31-21(2)39-29/h4-13,18,22,36H,3,14-17,19-20H2,1-2H3/p+1/t22-/m1/s1. The number of hydrogen-bond donors (Lipinski definition) is 2. The molecule has 1 fully saturated rings. The van der Waals surface area contributed by atoms with Crippen LogP contribution in [-0.4, -0.2) is 78.0 Å². The number of hydrazine groups is 1. The number of aryl methyl sites for hydroxylation is 1. The summed E-state index contributed by atoms with van der Waals surface area (Å²) in [5, 5.41) is 13.7. The van der Waals surface area contributed by atoms with Crippen LogP contribution < -0.4 is 14.6 Å². The van der Waals surface area contributed by atoms with Crippen LogP contribution in [0.5, 0.6) is 5.75 Å². The molecular weight excluding hydrogens is 510 g/mol. The summed E-state index contributed by atoms with van der Waals surface area (Å²) >= 11 is 1.66. The van der Waals surface area contributed by atoms with E-state index >= 15 is 0 Å². The van der Waals surface area contributed by atoms with Gasteiger partial charge in [0.1, 0.15) is 18.5 Å². The molecular formula is C30H34N5O3S+. The molecule has 0 unspecified atom stereocenters. The number of carbonyl (C=O) groups excluding carboxylic acids is 1. The second-order valence-electron chi connectivity index (χ2n) is 10.2. The third kappa shape index (κ3) is 4.81. The highest BCUT2D eigenvalue weighted by Gasteiger charge is 2.49. The van der Waals surface area contributed by atoms with Gasteiger partial charge in [0.05, 0.1) is 21.8 Å². The lowest BCUT2D eigenvalue weighted by Crippen LogP contribution is -2.61. The fourth-order valence-corrected chi connectivity index (χ4v) is 6.63. The number of urea groups is 1. The van der Waals surface area contributed by atoms with Crippen LogP contribution in [0.15, 0.2) is 66.7 Å². The number of piperazine rings is 1. The van der Waals surface area contributed by atoms with Gasteiger partial charge in [0.15, 0.2) is 11.4 Å². The van der Waals surface area contributed by atoms with Gasteiger partial charge in [-0.2, -0.15) is 4.48 Å². The molecule has 2 aliphatic heterocycles. The van der Waals surface area contributed by atoms with Gasteiger partial charge in [-0.25, -0.2) is 20.2 Å². The van der Waals surface area contributed by atoms with E-state index in [2.05, 4.69) is 46.5 Å². The summed E-state index contributed by atoms with van der Waals surface area (Å²) in [4.78, 5) is 20.6. The van der Waals surface area contributed by atoms with Crippen LogP contribution in [0.2, 0.25) is 0 Å². The number of aliphatic hydroxyl groups is 1. The van der Waals surface area contributed by atoms with E-state index in [-0.39, 0.29) is 17.1 Å². The van der Waals surface area contributed by atoms with Crippen LogP contribution in [0.4, 0.5) is 16.2 Å². The van der Waals surface area contributed by atoms with Gasteiger partial charge in [0, 0.05) is 62.0 Å². The van der Waals surface area contributed by atoms with Crippen molar-refractivity contribution in [3.05, 3.63) is 71.7 Å². The zero-order chi connectivity index (χ0) is 27.0. The van der Waals surface area contributed by atoms with Gasteiger partial charge >= 0.3 is 6.03 Å². The Morgan fingerprint density at radius 3 is 2.38 bits per heavy atom. The SMILES string of the molecule is CC[N+]1(C(=O)NN2CCN(C[C@@H](O)COc3ccc4sc(C)nc4c3)CC2)c2ccccc2-c2ccccc21. The number of aliphatic hydroxyl groups excluding tert-OH is 1. The highest BCUT2D eigenvalue weighted by atomic mass is 32.1. The molecule has 0 saturated carbocycles. The Labute approximate surface area is 232 Å². The molecule has 202 valence electrons. The Hall–Kier alpha value is -3.34. The number of β-amino-alcohol motifs (C(OH)–C–C–N with tert-alkyl or cyclic N) is 1. The zero-order valence-corrected chi connectivity index (χ0v) is 23.2. The average molecular weight is 545 g/mol. The maximum atomic E-state index is 13.9. The molecule has 2 aliphatic rings. The second kappa shape index (κ2) is 10.7. The number of nitrogens with zero attached hydrogens (tertiary/aromatic N) is 4. The van der Waals surface area contributed by atoms with Crippen molar-refractivity contribution in [2.45, 2.75) is 20.0 Å². The van der Waals surface area contributed by atoms with Crippen LogP contribution in [-0.2, 0) is 0 Å². The largest absolute Gasteiger partial charge is 0.491 e. The van der Waals surface area contributed by atoms with Crippen molar-refractivity contribution < 1.29 is 14.6 Å². The van der Waals surface area contributed by atoms with Crippen molar-refractivity contribution in [2.24, 2.45) is 0 Å². The van der Waals surface area contributed by atoms with Crippen LogP contribution in [0, 0.1) is 6.92 Å². The average Bonchev–Trinajstić information content (AvgIpc) is 3.47. The number of amides is 2. The molecule has 0 aliphatic carbocycles. The molecule has 3 heterocycles. The van der Waals surface area contributed by atoms with Crippen LogP contribution in [0.25, 0.3) is 21.3 Å². The van der Waals surface area contributed by atoms with E-state index in [0.29, 0.717) is 26.2 Å². The number of nitrogens with one attached hydrogen (secondary N) is 1. The molecule has 0 spiro atoms. The Balaban J connectivity index is 1.04. The Kier molecular flexibility index (Phi) is 7.09. The van der Waals surface area contributed by atoms with E-state index in [1.165, 1.54) is 0 Å². The Bertz CT molecular complexity index is 1450. The highest BCUT2D eigenvalue weighted by Crippen LogP contribution is 2.52. The minimum Gasteiger partial charge on any atom is -0.491 e. The van der Waals surface area contributed by atoms with Gasteiger partial charge in [-0.1, -0.05) is 24.3 Å². The second-order valence-corrected chi connectivity index (χ2v) is 11.4. The minimum atomic E-state index is -0.606. The third-order valence-corrected chi connectivity index (χ3v) is 8.70. The van der Waals surface area contributed by atoms with Crippen molar-refractivity contribution in [1.82, 2.24) is 24.8 Å². The van der Waals surface area contributed by atoms with Gasteiger partial charge in [0.2, 0.25) is 0 Å². The predicted molar refractivity (Wildman–Crippen MR) is 156 cm³/mol. The molecule has 1 aromatic heterocycles. The molecule has 8 nitrogen and oxygen atoms in total. The molecule has 2 N–H and O–H groups in total. The number of fused-ring (bicyclic) bond motifs is 4. The normalized spacial score (nSPS) is 17.5. The van der Waals surface area contributed by atoms with Gasteiger partial charge in [-0.05, 0) is 38.1 Å². The van der Waals surface area contributed by atoms with Gasteiger partial charge < -0.3 is 9.84 Å². The van der Waals surface area contributed by atoms with E-state index in [0.717, 1.165) is 56.6 Å². The number of para-hydroxylation sites is 2. The minimum absolute atomic E-state index is 0.0379. The Morgan fingerprint density at radius 2 is 1.72 bits per heavy atom. The van der Waals surface area contributed by atoms with E-state index in [9.17, 15) is 9.90 Å². The summed E-state index contributed by atoms with van der Waals surface area (Å²) in [5.74, 6) is 0.720. The maximum Gasteiger partial charge on any atom is 0.441 e. The van der Waals surface area contributed by atoms with E-state index in [1.807, 2.05) is 54.4 Å². The number of benzene rings is 3. The number of hydrogen-bond acceptors (Lipinski definition) is 7. The summed E-state index contributed by atoms with van der Waals surface area (Å²) in [7, 11) is 0. The van der Waals surface area contributed by atoms with Gasteiger partial charge in [-0.3, -0.25) is 4.90 Å². The number of thiazole rings is 1. The summed E-state index contributed by atoms with van der Waals surface area (Å²) in [6.07, 6.45) is -0.606. The summed E-state index contributed by atoms with van der Waals surface area (Å²) < 4.78 is 7.15. The first-order chi connectivity index (χ1) is 19.0. The maximum absolute atomic E-state index is 13.9. The van der Waals surface area contributed by atoms with Crippen molar-refractivity contribution in [2.75, 3.05) is 45.9 Å². The number of quaternary nitrogens is 1. The molecule has 1 atom stereocenters. The molecule has 3 aromatic carbocycles. The van der Waals surface area contributed by atoms with Crippen LogP contribution in [0.1, 0.15) is 11.9 Å². The van der Waals surface area contributed by atoms with Crippen molar-refractivity contribution in [1.29, 1.82) is 0 Å². The molecule has 2 amide bonds. The fraction of sp³-hybridized carbons (Fsp3) is 0.333. The molecule has 39 heavy (non-hydrogen) atoms. The summed E-state index contributed by atoms with van der Waals surface area (Å²) in [6, 6.07) is 22.2. The number of ether oxygens (including phenoxy) is 1. The van der Waals surface area contributed by atoms with Crippen LogP contribution >= 0.6 is 11.3 Å². The quantitative estimate of drug-likeness (QED) is 0.322. The van der Waals surface area contributed by atoms with Crippen LogP contribution in [0.3, 0.4) is 0 Å². The molecule has 1 saturated heterocycles. The van der Waals surface area contributed by atoms with Gasteiger partial charge in [0.25, 0.3) is 0 Å². The summed E-state index contributed by atoms with van der Waals surface area (Å²) in [5.41, 5.74) is 8.42. The van der Waals surface area contributed by atoms with E-state index in [1.54, 1.807) is 11.3 Å². The third-order valence-electron chi connectivity index (χ3n) is 7.75. The summed E-state index contributed by atoms with van der Waals surface area (Å²) in [6.45, 7) is 8.31. The monoisotopic (exact) mass is 544 g/mol. The van der Waals surface area contributed by atoms with Crippen molar-refractivity contribution >= 4 is 39.0 Å². The van der Waals surface area contributed by atoms with E-state index < -0.39 is 6.10 Å². The first-order valence-electron chi connectivity index (χ1n) is 13.5. The topological polar surface area (TPSA) is 77.9 Å². The van der Waals surface area contributed by atoms with Crippen molar-refractivity contribution in [3.8, 4) is 16.9 Å². The zero-order valence-electron chi connectivity index (χ0n) is 22.3. The van der Waals surface area contributed by atoms with Crippen molar-refractivity contribution in [3.63, 3.8) is 0 Å². The predicted octanol–water partition coefficient (Wildman–Crippen LogP) is 4.93. The number of rotatable bonds is 7. The lowest BCUT2D eigenvalue weighted by Gasteiger charge is -2.37. The Morgan fingerprint density at radius 1 is 1.05 bits per heavy atom. The fourth-order valence-electron chi connectivity index (χ4n) is 5.82. The smallest absolute Gasteiger partial charge is 0.441 e. The first kappa shape index (κ1) is 25.9. The molecule has 9 heteroatoms. The number of aromatic nitrogens is 1. The molecule has 4 aromatic rings. The molecule has 0 radical (unpaired) electrons. The lowest BCUT2D eigenvalue weighted by atomic mass is 10.1. The van der Waals surface area contributed by atoms with Gasteiger partial charge in [-0.15, -0.1) is 11.3 Å². The number of carbonyl (C=O) groups is 1. The highest BCUT2D eigenvalue weighted by molar-refractivity contribution is 7.18. The van der Waals surface area contributed by atoms with E-state index in [4.69, 9.17) is 4.74 Å². The molecule has 0 bridgehead atoms. The molecule has 6 rings (SSSR count).